The van der Waals surface area contributed by atoms with Gasteiger partial charge in [0.2, 0.25) is 5.91 Å². The Labute approximate surface area is 251 Å². The van der Waals surface area contributed by atoms with Crippen molar-refractivity contribution in [2.75, 3.05) is 5.75 Å². The van der Waals surface area contributed by atoms with Crippen molar-refractivity contribution in [3.8, 4) is 0 Å². The minimum absolute atomic E-state index is 0.00395. The fraction of sp³-hybridized carbons (Fsp3) is 0.516. The van der Waals surface area contributed by atoms with Crippen LogP contribution in [0.25, 0.3) is 0 Å². The average Bonchev–Trinajstić information content (AvgIpc) is 2.83. The maximum absolute atomic E-state index is 13.5. The van der Waals surface area contributed by atoms with Crippen LogP contribution in [-0.4, -0.2) is 68.6 Å². The highest BCUT2D eigenvalue weighted by Gasteiger charge is 2.55. The number of fused-ring (bicyclic) bond motifs is 1. The summed E-state index contributed by atoms with van der Waals surface area (Å²) < 4.78 is 16.4. The number of rotatable bonds is 7. The fourth-order valence-corrected chi connectivity index (χ4v) is 5.55. The molecule has 2 aliphatic rings. The molecule has 11 heteroatoms. The van der Waals surface area contributed by atoms with Crippen LogP contribution >= 0.6 is 11.8 Å². The van der Waals surface area contributed by atoms with E-state index >= 15 is 0 Å². The predicted octanol–water partition coefficient (Wildman–Crippen LogP) is 4.01. The van der Waals surface area contributed by atoms with Crippen LogP contribution in [0.15, 0.2) is 53.8 Å². The van der Waals surface area contributed by atoms with E-state index in [-0.39, 0.29) is 11.4 Å². The minimum atomic E-state index is -1.30. The quantitative estimate of drug-likeness (QED) is 0.162. The van der Waals surface area contributed by atoms with Crippen molar-refractivity contribution >= 4 is 41.5 Å². The molecule has 1 aromatic rings. The molecule has 1 aromatic carbocycles. The van der Waals surface area contributed by atoms with E-state index in [1.165, 1.54) is 28.8 Å². The van der Waals surface area contributed by atoms with Gasteiger partial charge in [-0.25, -0.2) is 9.59 Å². The number of nitrogens with zero attached hydrogens (tertiary/aromatic N) is 1. The molecule has 1 saturated heterocycles. The Bertz CT molecular complexity index is 1300. The van der Waals surface area contributed by atoms with E-state index in [1.807, 2.05) is 0 Å². The maximum Gasteiger partial charge on any atom is 0.355 e. The van der Waals surface area contributed by atoms with E-state index in [1.54, 1.807) is 92.6 Å². The van der Waals surface area contributed by atoms with Crippen LogP contribution in [0.5, 0.6) is 0 Å². The Morgan fingerprint density at radius 3 is 2.02 bits per heavy atom. The normalized spacial score (nSPS) is 19.9. The zero-order valence-corrected chi connectivity index (χ0v) is 26.4. The van der Waals surface area contributed by atoms with E-state index in [0.717, 1.165) is 0 Å². The van der Waals surface area contributed by atoms with Crippen molar-refractivity contribution in [1.82, 2.24) is 10.2 Å². The lowest BCUT2D eigenvalue weighted by Crippen LogP contribution is -2.71. The number of ether oxygens (including phenoxy) is 3. The number of hydrogen-bond acceptors (Lipinski definition) is 9. The summed E-state index contributed by atoms with van der Waals surface area (Å²) in [6.45, 7) is 15.5. The van der Waals surface area contributed by atoms with Gasteiger partial charge in [-0.1, -0.05) is 30.3 Å². The lowest BCUT2D eigenvalue weighted by atomic mass is 9.96. The van der Waals surface area contributed by atoms with Crippen LogP contribution in [0.3, 0.4) is 0 Å². The molecule has 0 aliphatic carbocycles. The summed E-state index contributed by atoms with van der Waals surface area (Å²) in [5, 5.41) is 2.08. The molecule has 10 nitrogen and oxygen atoms in total. The molecule has 2 heterocycles. The monoisotopic (exact) mass is 600 g/mol. The number of allylic oxidation sites excluding steroid dienone is 1. The Morgan fingerprint density at radius 1 is 0.905 bits per heavy atom. The van der Waals surface area contributed by atoms with Crippen molar-refractivity contribution in [2.45, 2.75) is 96.5 Å². The molecule has 1 fully saturated rings. The minimum Gasteiger partial charge on any atom is -0.459 e. The predicted molar refractivity (Wildman–Crippen MR) is 158 cm³/mol. The van der Waals surface area contributed by atoms with Crippen molar-refractivity contribution in [2.24, 2.45) is 0 Å². The highest BCUT2D eigenvalue weighted by Crippen LogP contribution is 2.41. The van der Waals surface area contributed by atoms with E-state index in [9.17, 15) is 24.0 Å². The molecule has 2 amide bonds. The summed E-state index contributed by atoms with van der Waals surface area (Å²) in [6, 6.07) is 7.47. The van der Waals surface area contributed by atoms with Crippen molar-refractivity contribution in [3.05, 3.63) is 59.3 Å². The second kappa shape index (κ2) is 12.3. The first-order valence-corrected chi connectivity index (χ1v) is 14.7. The number of nitrogens with one attached hydrogen (secondary N) is 1. The smallest absolute Gasteiger partial charge is 0.355 e. The SMILES string of the molecule is CC(C)(C)OC(=O)C=CC1=C(C(=O)OC(C)(C)C)N2C(=O)C(NC(=O)C(C(=O)OC(C)(C)C)c3ccccc3)[C@@H]2SC1. The molecule has 2 unspecified atom stereocenters. The Hall–Kier alpha value is -3.60. The van der Waals surface area contributed by atoms with Crippen LogP contribution in [0.2, 0.25) is 0 Å². The number of benzene rings is 1. The van der Waals surface area contributed by atoms with Gasteiger partial charge >= 0.3 is 17.9 Å². The fourth-order valence-electron chi connectivity index (χ4n) is 4.23. The molecular weight excluding hydrogens is 560 g/mol. The van der Waals surface area contributed by atoms with Crippen LogP contribution in [0.4, 0.5) is 0 Å². The van der Waals surface area contributed by atoms with Gasteiger partial charge in [-0.05, 0) is 79.5 Å². The number of carbonyl (C=O) groups is 5. The topological polar surface area (TPSA) is 128 Å². The van der Waals surface area contributed by atoms with Crippen molar-refractivity contribution < 1.29 is 38.2 Å². The summed E-state index contributed by atoms with van der Waals surface area (Å²) in [7, 11) is 0. The van der Waals surface area contributed by atoms with Gasteiger partial charge in [0.1, 0.15) is 33.9 Å². The largest absolute Gasteiger partial charge is 0.459 e. The first-order chi connectivity index (χ1) is 19.3. The lowest BCUT2D eigenvalue weighted by Gasteiger charge is -2.50. The zero-order chi connectivity index (χ0) is 31.6. The molecule has 228 valence electrons. The standard InChI is InChI=1S/C31H40N2O8S/c1-29(2,3)39-20(34)16-15-19-17-42-26-22(25(36)33(26)23(19)28(38)41-31(7,8)9)32-24(35)21(18-13-11-10-12-14-18)27(37)40-30(4,5)6/h10-16,21-22,26H,17H2,1-9H3,(H,32,35)/t21?,22?,26-/m0/s1. The van der Waals surface area contributed by atoms with Gasteiger partial charge in [0, 0.05) is 11.8 Å². The molecule has 1 N–H and O–H groups in total. The van der Waals surface area contributed by atoms with Crippen LogP contribution in [-0.2, 0) is 38.2 Å². The number of carbonyl (C=O) groups excluding carboxylic acids is 5. The molecule has 0 spiro atoms. The summed E-state index contributed by atoms with van der Waals surface area (Å²) in [6.07, 6.45) is 2.66. The molecule has 0 aromatic heterocycles. The zero-order valence-electron chi connectivity index (χ0n) is 25.6. The lowest BCUT2D eigenvalue weighted by molar-refractivity contribution is -0.161. The van der Waals surface area contributed by atoms with E-state index in [0.29, 0.717) is 11.1 Å². The third-order valence-corrected chi connectivity index (χ3v) is 7.05. The van der Waals surface area contributed by atoms with Crippen molar-refractivity contribution in [1.29, 1.82) is 0 Å². The molecule has 42 heavy (non-hydrogen) atoms. The number of hydrogen-bond donors (Lipinski definition) is 1. The van der Waals surface area contributed by atoms with Gasteiger partial charge in [0.05, 0.1) is 0 Å². The maximum atomic E-state index is 13.5. The first-order valence-electron chi connectivity index (χ1n) is 13.7. The highest BCUT2D eigenvalue weighted by atomic mass is 32.2. The van der Waals surface area contributed by atoms with Gasteiger partial charge in [0.25, 0.3) is 5.91 Å². The van der Waals surface area contributed by atoms with Crippen molar-refractivity contribution in [3.63, 3.8) is 0 Å². The summed E-state index contributed by atoms with van der Waals surface area (Å²) >= 11 is 1.31. The summed E-state index contributed by atoms with van der Waals surface area (Å²) in [4.78, 5) is 66.9. The Morgan fingerprint density at radius 2 is 1.48 bits per heavy atom. The second-order valence-electron chi connectivity index (χ2n) is 13.0. The first kappa shape index (κ1) is 32.9. The number of β-lactam (4-membered cyclic amide) rings is 1. The van der Waals surface area contributed by atoms with Gasteiger partial charge < -0.3 is 19.5 Å². The molecule has 0 saturated carbocycles. The van der Waals surface area contributed by atoms with Gasteiger partial charge in [0.15, 0.2) is 5.92 Å². The van der Waals surface area contributed by atoms with E-state index in [4.69, 9.17) is 14.2 Å². The van der Waals surface area contributed by atoms with Crippen LogP contribution in [0.1, 0.15) is 73.8 Å². The summed E-state index contributed by atoms with van der Waals surface area (Å²) in [5.41, 5.74) is -1.55. The van der Waals surface area contributed by atoms with Crippen LogP contribution in [0, 0.1) is 0 Å². The third-order valence-electron chi connectivity index (χ3n) is 5.75. The molecule has 3 atom stereocenters. The Balaban J connectivity index is 1.89. The molecule has 0 radical (unpaired) electrons. The summed E-state index contributed by atoms with van der Waals surface area (Å²) in [5.74, 6) is -4.34. The molecule has 3 rings (SSSR count). The number of esters is 3. The second-order valence-corrected chi connectivity index (χ2v) is 14.1. The van der Waals surface area contributed by atoms with Gasteiger partial charge in [-0.3, -0.25) is 19.3 Å². The number of thioether (sulfide) groups is 1. The highest BCUT2D eigenvalue weighted by molar-refractivity contribution is 8.00. The molecule has 0 bridgehead atoms. The third kappa shape index (κ3) is 8.47. The molecular formula is C31H40N2O8S. The number of amides is 2. The molecule has 2 aliphatic heterocycles. The van der Waals surface area contributed by atoms with Gasteiger partial charge in [-0.15, -0.1) is 11.8 Å². The van der Waals surface area contributed by atoms with E-state index < -0.39 is 63.9 Å². The Kier molecular flexibility index (Phi) is 9.66. The average molecular weight is 601 g/mol. The van der Waals surface area contributed by atoms with Crippen LogP contribution < -0.4 is 5.32 Å². The van der Waals surface area contributed by atoms with Gasteiger partial charge in [-0.2, -0.15) is 0 Å². The van der Waals surface area contributed by atoms with E-state index in [2.05, 4.69) is 5.32 Å².